The molecule has 19 heavy (non-hydrogen) atoms. The lowest BCUT2D eigenvalue weighted by molar-refractivity contribution is 0.0727. The normalized spacial score (nSPS) is 18.8. The van der Waals surface area contributed by atoms with Crippen molar-refractivity contribution in [3.05, 3.63) is 27.3 Å². The zero-order chi connectivity index (χ0) is 13.8. The average Bonchev–Trinajstić information content (AvgIpc) is 2.86. The van der Waals surface area contributed by atoms with Crippen LogP contribution < -0.4 is 0 Å². The van der Waals surface area contributed by atoms with Gasteiger partial charge in [0.15, 0.2) is 0 Å². The summed E-state index contributed by atoms with van der Waals surface area (Å²) in [5.41, 5.74) is 0.428. The largest absolute Gasteiger partial charge is 0.507 e. The third-order valence-electron chi connectivity index (χ3n) is 3.50. The van der Waals surface area contributed by atoms with E-state index in [0.717, 1.165) is 41.1 Å². The van der Waals surface area contributed by atoms with Crippen molar-refractivity contribution in [1.29, 1.82) is 0 Å². The van der Waals surface area contributed by atoms with Gasteiger partial charge in [0.1, 0.15) is 5.75 Å². The minimum absolute atomic E-state index is 0.0342. The van der Waals surface area contributed by atoms with Crippen LogP contribution in [0.4, 0.5) is 0 Å². The van der Waals surface area contributed by atoms with Crippen LogP contribution in [0.5, 0.6) is 5.75 Å². The van der Waals surface area contributed by atoms with E-state index in [1.807, 2.05) is 4.90 Å². The third-order valence-corrected chi connectivity index (χ3v) is 4.73. The van der Waals surface area contributed by atoms with Crippen LogP contribution in [-0.4, -0.2) is 33.8 Å². The van der Waals surface area contributed by atoms with Gasteiger partial charge in [0.25, 0.3) is 5.91 Å². The Kier molecular flexibility index (Phi) is 5.50. The molecule has 1 heterocycles. The molecule has 1 fully saturated rings. The van der Waals surface area contributed by atoms with Crippen LogP contribution >= 0.6 is 38.5 Å². The number of hydrogen-bond acceptors (Lipinski definition) is 2. The van der Waals surface area contributed by atoms with Crippen molar-refractivity contribution in [2.45, 2.75) is 31.7 Å². The molecule has 1 aromatic carbocycles. The summed E-state index contributed by atoms with van der Waals surface area (Å²) >= 11 is 5.59. The van der Waals surface area contributed by atoms with E-state index in [1.165, 1.54) is 0 Å². The molecular formula is C14H17BrINO2. The van der Waals surface area contributed by atoms with Gasteiger partial charge in [0, 0.05) is 21.5 Å². The fourth-order valence-electron chi connectivity index (χ4n) is 2.55. The number of carbonyl (C=O) groups is 1. The van der Waals surface area contributed by atoms with Crippen molar-refractivity contribution in [3.8, 4) is 5.75 Å². The molecule has 3 nitrogen and oxygen atoms in total. The van der Waals surface area contributed by atoms with Gasteiger partial charge in [-0.05, 0) is 66.5 Å². The number of hydrogen-bond donors (Lipinski definition) is 1. The molecule has 1 aliphatic rings. The van der Waals surface area contributed by atoms with Crippen LogP contribution in [0.3, 0.4) is 0 Å². The molecule has 5 heteroatoms. The summed E-state index contributed by atoms with van der Waals surface area (Å²) in [6.07, 6.45) is 4.24. The molecule has 1 unspecified atom stereocenters. The van der Waals surface area contributed by atoms with Gasteiger partial charge in [-0.15, -0.1) is 0 Å². The Hall–Kier alpha value is -0.300. The molecule has 2 rings (SSSR count). The molecule has 1 N–H and O–H groups in total. The highest BCUT2D eigenvalue weighted by atomic mass is 127. The number of nitrogens with zero attached hydrogens (tertiary/aromatic N) is 1. The molecule has 1 aromatic rings. The van der Waals surface area contributed by atoms with Crippen molar-refractivity contribution in [2.75, 3.05) is 11.9 Å². The quantitative estimate of drug-likeness (QED) is 0.575. The molecule has 1 atom stereocenters. The van der Waals surface area contributed by atoms with Crippen LogP contribution in [0.25, 0.3) is 0 Å². The molecule has 0 saturated carbocycles. The van der Waals surface area contributed by atoms with Gasteiger partial charge in [-0.25, -0.2) is 0 Å². The molecule has 0 radical (unpaired) electrons. The minimum Gasteiger partial charge on any atom is -0.507 e. The highest BCUT2D eigenvalue weighted by molar-refractivity contribution is 14.1. The predicted octanol–water partition coefficient (Wildman–Crippen LogP) is 3.78. The van der Waals surface area contributed by atoms with Crippen molar-refractivity contribution in [3.63, 3.8) is 0 Å². The zero-order valence-electron chi connectivity index (χ0n) is 10.6. The standard InChI is InChI=1S/C14H17BrINO2/c15-7-1-3-11-4-2-8-17(11)14(19)12-9-10(16)5-6-13(12)18/h5-6,9,11,18H,1-4,7-8H2. The Morgan fingerprint density at radius 2 is 2.32 bits per heavy atom. The lowest BCUT2D eigenvalue weighted by atomic mass is 10.1. The number of aromatic hydroxyl groups is 1. The highest BCUT2D eigenvalue weighted by Crippen LogP contribution is 2.27. The van der Waals surface area contributed by atoms with Crippen molar-refractivity contribution in [1.82, 2.24) is 4.90 Å². The summed E-state index contributed by atoms with van der Waals surface area (Å²) in [6.45, 7) is 0.802. The monoisotopic (exact) mass is 437 g/mol. The Labute approximate surface area is 135 Å². The SMILES string of the molecule is O=C(c1cc(I)ccc1O)N1CCCC1CCCBr. The third kappa shape index (κ3) is 3.62. The van der Waals surface area contributed by atoms with Crippen LogP contribution in [0.15, 0.2) is 18.2 Å². The Morgan fingerprint density at radius 3 is 3.05 bits per heavy atom. The fraction of sp³-hybridized carbons (Fsp3) is 0.500. The Balaban J connectivity index is 2.16. The lowest BCUT2D eigenvalue weighted by Gasteiger charge is -2.25. The van der Waals surface area contributed by atoms with Gasteiger partial charge < -0.3 is 10.0 Å². The topological polar surface area (TPSA) is 40.5 Å². The first kappa shape index (κ1) is 15.1. The minimum atomic E-state index is -0.0342. The molecule has 104 valence electrons. The van der Waals surface area contributed by atoms with E-state index in [2.05, 4.69) is 38.5 Å². The molecule has 0 aliphatic carbocycles. The molecular weight excluding hydrogens is 421 g/mol. The van der Waals surface area contributed by atoms with Gasteiger partial charge in [-0.1, -0.05) is 15.9 Å². The summed E-state index contributed by atoms with van der Waals surface area (Å²) in [5, 5.41) is 10.8. The number of rotatable bonds is 4. The number of phenols is 1. The highest BCUT2D eigenvalue weighted by Gasteiger charge is 2.30. The van der Waals surface area contributed by atoms with E-state index in [-0.39, 0.29) is 11.7 Å². The summed E-state index contributed by atoms with van der Waals surface area (Å²) in [4.78, 5) is 14.5. The molecule has 0 bridgehead atoms. The Morgan fingerprint density at radius 1 is 1.53 bits per heavy atom. The Bertz CT molecular complexity index is 467. The van der Waals surface area contributed by atoms with E-state index in [0.29, 0.717) is 11.6 Å². The summed E-state index contributed by atoms with van der Waals surface area (Å²) in [5.74, 6) is 0.0460. The maximum atomic E-state index is 12.5. The predicted molar refractivity (Wildman–Crippen MR) is 87.9 cm³/mol. The maximum Gasteiger partial charge on any atom is 0.257 e. The number of alkyl halides is 1. The summed E-state index contributed by atoms with van der Waals surface area (Å²) in [7, 11) is 0. The van der Waals surface area contributed by atoms with Crippen molar-refractivity contribution >= 4 is 44.4 Å². The molecule has 0 aromatic heterocycles. The van der Waals surface area contributed by atoms with E-state index < -0.39 is 0 Å². The molecule has 1 saturated heterocycles. The van der Waals surface area contributed by atoms with Crippen LogP contribution in [0, 0.1) is 3.57 Å². The number of benzene rings is 1. The number of phenolic OH excluding ortho intramolecular Hbond substituents is 1. The van der Waals surface area contributed by atoms with Crippen LogP contribution in [-0.2, 0) is 0 Å². The second-order valence-corrected chi connectivity index (χ2v) is 6.83. The first-order chi connectivity index (χ1) is 9.13. The second-order valence-electron chi connectivity index (χ2n) is 4.79. The van der Waals surface area contributed by atoms with Gasteiger partial charge in [-0.2, -0.15) is 0 Å². The summed E-state index contributed by atoms with van der Waals surface area (Å²) < 4.78 is 0.968. The van der Waals surface area contributed by atoms with Crippen LogP contribution in [0.2, 0.25) is 0 Å². The van der Waals surface area contributed by atoms with Gasteiger partial charge in [0.2, 0.25) is 0 Å². The number of likely N-dealkylation sites (tertiary alicyclic amines) is 1. The molecule has 0 spiro atoms. The maximum absolute atomic E-state index is 12.5. The van der Waals surface area contributed by atoms with E-state index in [1.54, 1.807) is 18.2 Å². The van der Waals surface area contributed by atoms with Gasteiger partial charge in [-0.3, -0.25) is 4.79 Å². The van der Waals surface area contributed by atoms with Crippen LogP contribution in [0.1, 0.15) is 36.0 Å². The lowest BCUT2D eigenvalue weighted by Crippen LogP contribution is -2.35. The zero-order valence-corrected chi connectivity index (χ0v) is 14.4. The number of halogens is 2. The second kappa shape index (κ2) is 6.92. The number of carbonyl (C=O) groups excluding carboxylic acids is 1. The van der Waals surface area contributed by atoms with E-state index >= 15 is 0 Å². The first-order valence-electron chi connectivity index (χ1n) is 6.49. The first-order valence-corrected chi connectivity index (χ1v) is 8.69. The van der Waals surface area contributed by atoms with Crippen molar-refractivity contribution < 1.29 is 9.90 Å². The average molecular weight is 438 g/mol. The molecule has 1 aliphatic heterocycles. The fourth-order valence-corrected chi connectivity index (χ4v) is 3.37. The summed E-state index contributed by atoms with van der Waals surface area (Å²) in [6, 6.07) is 5.48. The number of amides is 1. The van der Waals surface area contributed by atoms with Gasteiger partial charge >= 0.3 is 0 Å². The smallest absolute Gasteiger partial charge is 0.257 e. The van der Waals surface area contributed by atoms with Gasteiger partial charge in [0.05, 0.1) is 5.56 Å². The molecule has 1 amide bonds. The van der Waals surface area contributed by atoms with Crippen molar-refractivity contribution in [2.24, 2.45) is 0 Å². The van der Waals surface area contributed by atoms with E-state index in [4.69, 9.17) is 0 Å². The van der Waals surface area contributed by atoms with E-state index in [9.17, 15) is 9.90 Å².